The minimum Gasteiger partial charge on any atom is -0.506 e. The van der Waals surface area contributed by atoms with Gasteiger partial charge in [0.1, 0.15) is 11.3 Å². The second-order valence-electron chi connectivity index (χ2n) is 4.06. The predicted molar refractivity (Wildman–Crippen MR) is 76.2 cm³/mol. The van der Waals surface area contributed by atoms with Crippen LogP contribution in [0.1, 0.15) is 5.56 Å². The predicted octanol–water partition coefficient (Wildman–Crippen LogP) is 4.21. The van der Waals surface area contributed by atoms with Gasteiger partial charge in [-0.25, -0.2) is 9.97 Å². The Hall–Kier alpha value is -1.39. The smallest absolute Gasteiger partial charge is 0.144 e. The van der Waals surface area contributed by atoms with Crippen molar-refractivity contribution in [2.75, 3.05) is 0 Å². The summed E-state index contributed by atoms with van der Waals surface area (Å²) in [4.78, 5) is 8.95. The standard InChI is InChI=1S/C13H8BrClN2O/c1-6-8(14)2-3-9-12(6)17-10-4-7(15)5-11(18)13(10)16-9/h2-5,18H,1H3. The molecule has 3 nitrogen and oxygen atoms in total. The number of phenolic OH excluding ortho intramolecular Hbond substituents is 1. The van der Waals surface area contributed by atoms with Gasteiger partial charge in [0.25, 0.3) is 0 Å². The van der Waals surface area contributed by atoms with Crippen LogP contribution in [0, 0.1) is 6.92 Å². The highest BCUT2D eigenvalue weighted by atomic mass is 79.9. The van der Waals surface area contributed by atoms with Crippen LogP contribution in [0.15, 0.2) is 28.7 Å². The van der Waals surface area contributed by atoms with Crippen LogP contribution in [0.4, 0.5) is 0 Å². The monoisotopic (exact) mass is 322 g/mol. The lowest BCUT2D eigenvalue weighted by atomic mass is 10.2. The highest BCUT2D eigenvalue weighted by Crippen LogP contribution is 2.30. The van der Waals surface area contributed by atoms with Crippen LogP contribution in [0.3, 0.4) is 0 Å². The third-order valence-corrected chi connectivity index (χ3v) is 3.92. The molecule has 5 heteroatoms. The van der Waals surface area contributed by atoms with Crippen molar-refractivity contribution >= 4 is 49.6 Å². The van der Waals surface area contributed by atoms with Crippen LogP contribution in [-0.4, -0.2) is 15.1 Å². The van der Waals surface area contributed by atoms with Crippen molar-refractivity contribution in [3.8, 4) is 5.75 Å². The number of nitrogens with zero attached hydrogens (tertiary/aromatic N) is 2. The van der Waals surface area contributed by atoms with Gasteiger partial charge in [0.15, 0.2) is 0 Å². The lowest BCUT2D eigenvalue weighted by molar-refractivity contribution is 0.480. The highest BCUT2D eigenvalue weighted by Gasteiger charge is 2.10. The Kier molecular flexibility index (Phi) is 2.64. The average molecular weight is 324 g/mol. The number of phenols is 1. The summed E-state index contributed by atoms with van der Waals surface area (Å²) in [6.45, 7) is 1.97. The minimum atomic E-state index is 0.0486. The molecular weight excluding hydrogens is 316 g/mol. The van der Waals surface area contributed by atoms with E-state index < -0.39 is 0 Å². The number of hydrogen-bond donors (Lipinski definition) is 1. The second kappa shape index (κ2) is 4.07. The molecule has 18 heavy (non-hydrogen) atoms. The third kappa shape index (κ3) is 1.72. The SMILES string of the molecule is Cc1c(Br)ccc2nc3c(O)cc(Cl)cc3nc12. The zero-order chi connectivity index (χ0) is 12.9. The first kappa shape index (κ1) is 11.7. The zero-order valence-corrected chi connectivity index (χ0v) is 11.7. The Morgan fingerprint density at radius 2 is 1.83 bits per heavy atom. The van der Waals surface area contributed by atoms with Crippen molar-refractivity contribution in [2.24, 2.45) is 0 Å². The summed E-state index contributed by atoms with van der Waals surface area (Å²) in [5, 5.41) is 10.3. The van der Waals surface area contributed by atoms with Crippen LogP contribution in [0.2, 0.25) is 5.02 Å². The van der Waals surface area contributed by atoms with Gasteiger partial charge in [-0.3, -0.25) is 0 Å². The van der Waals surface area contributed by atoms with Gasteiger partial charge < -0.3 is 5.11 Å². The molecule has 1 aromatic heterocycles. The molecule has 0 radical (unpaired) electrons. The van der Waals surface area contributed by atoms with Crippen molar-refractivity contribution in [1.29, 1.82) is 0 Å². The Morgan fingerprint density at radius 3 is 2.61 bits per heavy atom. The van der Waals surface area contributed by atoms with Gasteiger partial charge in [0, 0.05) is 15.6 Å². The number of benzene rings is 2. The number of aromatic hydroxyl groups is 1. The number of fused-ring (bicyclic) bond motifs is 2. The van der Waals surface area contributed by atoms with Crippen LogP contribution in [0.25, 0.3) is 22.1 Å². The van der Waals surface area contributed by atoms with Crippen molar-refractivity contribution in [3.63, 3.8) is 0 Å². The molecule has 0 spiro atoms. The van der Waals surface area contributed by atoms with E-state index in [9.17, 15) is 5.11 Å². The molecule has 1 N–H and O–H groups in total. The number of aryl methyl sites for hydroxylation is 1. The second-order valence-corrected chi connectivity index (χ2v) is 5.35. The average Bonchev–Trinajstić information content (AvgIpc) is 2.33. The topological polar surface area (TPSA) is 46.0 Å². The largest absolute Gasteiger partial charge is 0.506 e. The summed E-state index contributed by atoms with van der Waals surface area (Å²) < 4.78 is 0.981. The van der Waals surface area contributed by atoms with E-state index in [1.165, 1.54) is 6.07 Å². The quantitative estimate of drug-likeness (QED) is 0.630. The summed E-state index contributed by atoms with van der Waals surface area (Å²) in [5.74, 6) is 0.0486. The fraction of sp³-hybridized carbons (Fsp3) is 0.0769. The summed E-state index contributed by atoms with van der Waals surface area (Å²) in [6, 6.07) is 6.96. The molecule has 0 atom stereocenters. The van der Waals surface area contributed by atoms with Gasteiger partial charge in [-0.2, -0.15) is 0 Å². The third-order valence-electron chi connectivity index (χ3n) is 2.84. The molecule has 0 saturated carbocycles. The molecule has 0 unspecified atom stereocenters. The summed E-state index contributed by atoms with van der Waals surface area (Å²) in [6.07, 6.45) is 0. The van der Waals surface area contributed by atoms with Crippen molar-refractivity contribution in [2.45, 2.75) is 6.92 Å². The first-order chi connectivity index (χ1) is 8.56. The van der Waals surface area contributed by atoms with Gasteiger partial charge in [0.2, 0.25) is 0 Å². The van der Waals surface area contributed by atoms with Crippen LogP contribution >= 0.6 is 27.5 Å². The maximum absolute atomic E-state index is 9.84. The van der Waals surface area contributed by atoms with Gasteiger partial charge >= 0.3 is 0 Å². The lowest BCUT2D eigenvalue weighted by Crippen LogP contribution is -1.91. The van der Waals surface area contributed by atoms with E-state index in [0.29, 0.717) is 16.1 Å². The molecule has 2 aromatic carbocycles. The van der Waals surface area contributed by atoms with Gasteiger partial charge in [-0.15, -0.1) is 0 Å². The van der Waals surface area contributed by atoms with Crippen molar-refractivity contribution in [3.05, 3.63) is 39.3 Å². The maximum atomic E-state index is 9.84. The zero-order valence-electron chi connectivity index (χ0n) is 9.41. The van der Waals surface area contributed by atoms with Gasteiger partial charge in [-0.1, -0.05) is 27.5 Å². The van der Waals surface area contributed by atoms with Crippen molar-refractivity contribution < 1.29 is 5.11 Å². The number of aromatic nitrogens is 2. The maximum Gasteiger partial charge on any atom is 0.144 e. The number of hydrogen-bond acceptors (Lipinski definition) is 3. The molecule has 0 amide bonds. The van der Waals surface area contributed by atoms with E-state index in [1.807, 2.05) is 19.1 Å². The Bertz CT molecular complexity index is 789. The Balaban J connectivity index is 2.51. The number of rotatable bonds is 0. The molecule has 3 rings (SSSR count). The molecule has 90 valence electrons. The van der Waals surface area contributed by atoms with E-state index in [4.69, 9.17) is 11.6 Å². The van der Waals surface area contributed by atoms with Gasteiger partial charge in [-0.05, 0) is 30.7 Å². The molecule has 0 bridgehead atoms. The van der Waals surface area contributed by atoms with E-state index in [-0.39, 0.29) is 5.75 Å². The molecule has 0 aliphatic carbocycles. The van der Waals surface area contributed by atoms with E-state index in [2.05, 4.69) is 25.9 Å². The normalized spacial score (nSPS) is 11.3. The lowest BCUT2D eigenvalue weighted by Gasteiger charge is -2.06. The van der Waals surface area contributed by atoms with E-state index >= 15 is 0 Å². The van der Waals surface area contributed by atoms with Crippen LogP contribution in [0.5, 0.6) is 5.75 Å². The fourth-order valence-corrected chi connectivity index (χ4v) is 2.43. The first-order valence-corrected chi connectivity index (χ1v) is 6.48. The van der Waals surface area contributed by atoms with E-state index in [0.717, 1.165) is 21.1 Å². The van der Waals surface area contributed by atoms with E-state index in [1.54, 1.807) is 6.07 Å². The molecule has 0 saturated heterocycles. The summed E-state index contributed by atoms with van der Waals surface area (Å²) in [7, 11) is 0. The molecule has 0 fully saturated rings. The summed E-state index contributed by atoms with van der Waals surface area (Å²) in [5.41, 5.74) is 3.63. The minimum absolute atomic E-state index is 0.0486. The Morgan fingerprint density at radius 1 is 1.11 bits per heavy atom. The first-order valence-electron chi connectivity index (χ1n) is 5.31. The van der Waals surface area contributed by atoms with Crippen LogP contribution in [-0.2, 0) is 0 Å². The molecular formula is C13H8BrClN2O. The molecule has 0 aliphatic heterocycles. The Labute approximate surface area is 117 Å². The van der Waals surface area contributed by atoms with Crippen LogP contribution < -0.4 is 0 Å². The van der Waals surface area contributed by atoms with Gasteiger partial charge in [0.05, 0.1) is 16.6 Å². The number of halogens is 2. The fourth-order valence-electron chi connectivity index (χ4n) is 1.90. The molecule has 0 aliphatic rings. The van der Waals surface area contributed by atoms with Crippen molar-refractivity contribution in [1.82, 2.24) is 9.97 Å². The molecule has 1 heterocycles. The summed E-state index contributed by atoms with van der Waals surface area (Å²) >= 11 is 9.38. The highest BCUT2D eigenvalue weighted by molar-refractivity contribution is 9.10. The molecule has 3 aromatic rings.